The van der Waals surface area contributed by atoms with Crippen molar-refractivity contribution in [2.45, 2.75) is 52.8 Å². The Morgan fingerprint density at radius 1 is 1.28 bits per heavy atom. The number of nitrogens with one attached hydrogen (secondary N) is 1. The first-order valence-corrected chi connectivity index (χ1v) is 9.79. The highest BCUT2D eigenvalue weighted by Gasteiger charge is 2.29. The van der Waals surface area contributed by atoms with Gasteiger partial charge in [-0.25, -0.2) is 13.8 Å². The molecule has 156 valence electrons. The number of fused-ring (bicyclic) bond motifs is 1. The quantitative estimate of drug-likeness (QED) is 0.799. The average Bonchev–Trinajstić information content (AvgIpc) is 2.88. The summed E-state index contributed by atoms with van der Waals surface area (Å²) in [6.45, 7) is 6.70. The Labute approximate surface area is 168 Å². The van der Waals surface area contributed by atoms with E-state index in [9.17, 15) is 18.4 Å². The number of hydrogen-bond donors (Lipinski definition) is 1. The first kappa shape index (κ1) is 21.1. The molecular formula is C21H25F2N3O3. The van der Waals surface area contributed by atoms with Crippen molar-refractivity contribution in [3.8, 4) is 11.4 Å². The van der Waals surface area contributed by atoms with Crippen LogP contribution in [0.4, 0.5) is 8.78 Å². The lowest BCUT2D eigenvalue weighted by Crippen LogP contribution is -2.44. The molecule has 8 heteroatoms. The molecule has 0 radical (unpaired) electrons. The number of carbonyl (C=O) groups excluding carboxylic acids is 2. The van der Waals surface area contributed by atoms with Crippen LogP contribution in [0.1, 0.15) is 49.8 Å². The molecule has 29 heavy (non-hydrogen) atoms. The van der Waals surface area contributed by atoms with E-state index >= 15 is 0 Å². The van der Waals surface area contributed by atoms with Gasteiger partial charge in [0.25, 0.3) is 5.91 Å². The van der Waals surface area contributed by atoms with Crippen molar-refractivity contribution < 1.29 is 23.1 Å². The average molecular weight is 405 g/mol. The second kappa shape index (κ2) is 8.82. The van der Waals surface area contributed by atoms with E-state index in [1.165, 1.54) is 6.07 Å². The molecule has 3 rings (SSSR count). The van der Waals surface area contributed by atoms with Gasteiger partial charge >= 0.3 is 0 Å². The molecule has 1 unspecified atom stereocenters. The zero-order valence-corrected chi connectivity index (χ0v) is 16.8. The van der Waals surface area contributed by atoms with Crippen molar-refractivity contribution in [3.63, 3.8) is 0 Å². The molecule has 0 aliphatic carbocycles. The van der Waals surface area contributed by atoms with Crippen molar-refractivity contribution in [2.75, 3.05) is 6.61 Å². The molecule has 1 aliphatic heterocycles. The van der Waals surface area contributed by atoms with E-state index in [1.54, 1.807) is 11.5 Å². The number of hydrogen-bond acceptors (Lipinski definition) is 4. The maximum absolute atomic E-state index is 13.8. The Balaban J connectivity index is 2.02. The molecule has 1 aromatic heterocycles. The van der Waals surface area contributed by atoms with Crippen LogP contribution in [0.5, 0.6) is 0 Å². The Kier molecular flexibility index (Phi) is 6.42. The van der Waals surface area contributed by atoms with E-state index in [-0.39, 0.29) is 24.0 Å². The monoisotopic (exact) mass is 405 g/mol. The van der Waals surface area contributed by atoms with Crippen LogP contribution >= 0.6 is 0 Å². The van der Waals surface area contributed by atoms with Gasteiger partial charge in [-0.2, -0.15) is 0 Å². The van der Waals surface area contributed by atoms with E-state index in [2.05, 4.69) is 10.3 Å². The fourth-order valence-corrected chi connectivity index (χ4v) is 3.45. The van der Waals surface area contributed by atoms with Crippen LogP contribution in [0.15, 0.2) is 18.2 Å². The second-order valence-corrected chi connectivity index (χ2v) is 7.43. The van der Waals surface area contributed by atoms with Crippen molar-refractivity contribution >= 4 is 11.7 Å². The molecule has 0 spiro atoms. The summed E-state index contributed by atoms with van der Waals surface area (Å²) in [5.41, 5.74) is 1.07. The van der Waals surface area contributed by atoms with E-state index in [0.29, 0.717) is 43.1 Å². The Bertz CT molecular complexity index is 924. The summed E-state index contributed by atoms with van der Waals surface area (Å²) in [4.78, 5) is 29.7. The maximum Gasteiger partial charge on any atom is 0.272 e. The molecule has 0 saturated heterocycles. The van der Waals surface area contributed by atoms with Crippen LogP contribution < -0.4 is 5.32 Å². The molecule has 2 aromatic rings. The number of benzene rings is 1. The summed E-state index contributed by atoms with van der Waals surface area (Å²) >= 11 is 0. The van der Waals surface area contributed by atoms with Gasteiger partial charge in [0.1, 0.15) is 5.82 Å². The summed E-state index contributed by atoms with van der Waals surface area (Å²) < 4.78 is 34.5. The number of nitrogens with zero attached hydrogens (tertiary/aromatic N) is 2. The first-order valence-electron chi connectivity index (χ1n) is 9.79. The van der Waals surface area contributed by atoms with E-state index in [4.69, 9.17) is 4.74 Å². The number of amides is 1. The summed E-state index contributed by atoms with van der Waals surface area (Å²) in [5, 5.41) is 2.79. The summed E-state index contributed by atoms with van der Waals surface area (Å²) in [6.07, 6.45) is 1.01. The van der Waals surface area contributed by atoms with Crippen LogP contribution in [-0.2, 0) is 22.7 Å². The molecule has 1 aliphatic rings. The lowest BCUT2D eigenvalue weighted by Gasteiger charge is -2.20. The van der Waals surface area contributed by atoms with Crippen LogP contribution in [0.25, 0.3) is 11.4 Å². The van der Waals surface area contributed by atoms with Crippen molar-refractivity contribution in [1.29, 1.82) is 0 Å². The van der Waals surface area contributed by atoms with Gasteiger partial charge < -0.3 is 14.6 Å². The highest BCUT2D eigenvalue weighted by molar-refractivity contribution is 5.98. The smallest absolute Gasteiger partial charge is 0.272 e. The lowest BCUT2D eigenvalue weighted by molar-refractivity contribution is -0.121. The highest BCUT2D eigenvalue weighted by atomic mass is 19.2. The number of Topliss-reactive ketones (excluding diaryl/α,β-unsaturated/α-hetero) is 1. The van der Waals surface area contributed by atoms with E-state index in [0.717, 1.165) is 12.1 Å². The molecule has 0 saturated carbocycles. The van der Waals surface area contributed by atoms with Crippen molar-refractivity contribution in [3.05, 3.63) is 41.2 Å². The minimum Gasteiger partial charge on any atom is -0.375 e. The zero-order chi connectivity index (χ0) is 21.1. The standard InChI is InChI=1S/C21H25F2N3O3/c1-4-17(27)18(12(2)3)25-21(28)19-16-11-29-9-5-8-26(16)20(24-19)13-6-7-14(22)15(23)10-13/h6-7,10,12,18H,4-5,8-9,11H2,1-3H3,(H,25,28). The Hall–Kier alpha value is -2.61. The van der Waals surface area contributed by atoms with Gasteiger partial charge in [0, 0.05) is 25.1 Å². The maximum atomic E-state index is 13.8. The van der Waals surface area contributed by atoms with Gasteiger partial charge in [-0.1, -0.05) is 20.8 Å². The minimum absolute atomic E-state index is 0.0595. The highest BCUT2D eigenvalue weighted by Crippen LogP contribution is 2.27. The van der Waals surface area contributed by atoms with Gasteiger partial charge in [-0.05, 0) is 30.5 Å². The summed E-state index contributed by atoms with van der Waals surface area (Å²) in [5.74, 6) is -2.17. The van der Waals surface area contributed by atoms with Gasteiger partial charge in [-0.15, -0.1) is 0 Å². The molecule has 1 aromatic carbocycles. The SMILES string of the molecule is CCC(=O)C(NC(=O)c1nc(-c2ccc(F)c(F)c2)n2c1COCCC2)C(C)C. The van der Waals surface area contributed by atoms with Gasteiger partial charge in [0.15, 0.2) is 23.1 Å². The summed E-state index contributed by atoms with van der Waals surface area (Å²) in [6, 6.07) is 2.91. The molecule has 2 heterocycles. The number of ether oxygens (including phenoxy) is 1. The van der Waals surface area contributed by atoms with Crippen LogP contribution in [-0.4, -0.2) is 33.9 Å². The van der Waals surface area contributed by atoms with E-state index in [1.807, 2.05) is 13.8 Å². The molecule has 6 nitrogen and oxygen atoms in total. The number of ketones is 1. The number of carbonyl (C=O) groups is 2. The molecule has 1 atom stereocenters. The third kappa shape index (κ3) is 4.37. The van der Waals surface area contributed by atoms with Gasteiger partial charge in [0.05, 0.1) is 18.3 Å². The van der Waals surface area contributed by atoms with Gasteiger partial charge in [0.2, 0.25) is 0 Å². The van der Waals surface area contributed by atoms with Gasteiger partial charge in [-0.3, -0.25) is 9.59 Å². The van der Waals surface area contributed by atoms with Crippen LogP contribution in [0.2, 0.25) is 0 Å². The predicted octanol–water partition coefficient (Wildman–Crippen LogP) is 3.48. The molecule has 1 amide bonds. The molecule has 1 N–H and O–H groups in total. The Morgan fingerprint density at radius 3 is 2.69 bits per heavy atom. The van der Waals surface area contributed by atoms with Crippen molar-refractivity contribution in [1.82, 2.24) is 14.9 Å². The number of aromatic nitrogens is 2. The number of halogens is 2. The largest absolute Gasteiger partial charge is 0.375 e. The lowest BCUT2D eigenvalue weighted by atomic mass is 9.98. The fourth-order valence-electron chi connectivity index (χ4n) is 3.45. The van der Waals surface area contributed by atoms with Crippen LogP contribution in [0.3, 0.4) is 0 Å². The summed E-state index contributed by atoms with van der Waals surface area (Å²) in [7, 11) is 0. The minimum atomic E-state index is -0.982. The predicted molar refractivity (Wildman–Crippen MR) is 103 cm³/mol. The van der Waals surface area contributed by atoms with Crippen LogP contribution in [0, 0.1) is 17.6 Å². The Morgan fingerprint density at radius 2 is 2.03 bits per heavy atom. The molecular weight excluding hydrogens is 380 g/mol. The zero-order valence-electron chi connectivity index (χ0n) is 16.8. The normalized spacial score (nSPS) is 15.0. The topological polar surface area (TPSA) is 73.2 Å². The second-order valence-electron chi connectivity index (χ2n) is 7.43. The third-order valence-electron chi connectivity index (χ3n) is 5.02. The first-order chi connectivity index (χ1) is 13.8. The number of rotatable bonds is 6. The van der Waals surface area contributed by atoms with Crippen molar-refractivity contribution in [2.24, 2.45) is 5.92 Å². The molecule has 0 bridgehead atoms. The fraction of sp³-hybridized carbons (Fsp3) is 0.476. The third-order valence-corrected chi connectivity index (χ3v) is 5.02. The van der Waals surface area contributed by atoms with E-state index < -0.39 is 23.6 Å². The number of imidazole rings is 1. The molecule has 0 fully saturated rings.